The molecule has 0 radical (unpaired) electrons. The van der Waals surface area contributed by atoms with Crippen molar-refractivity contribution in [2.24, 2.45) is 5.73 Å². The molecule has 0 saturated heterocycles. The Kier molecular flexibility index (Phi) is 4.09. The Morgan fingerprint density at radius 2 is 2.11 bits per heavy atom. The standard InChI is InChI=1S/C13H18ClN3O/c14-10-4-3-5-11(8-10)16-12(18)17-13(9-15)6-1-2-7-13/h3-5,8H,1-2,6-7,9,15H2,(H2,16,17,18). The lowest BCUT2D eigenvalue weighted by Crippen LogP contribution is -2.53. The molecule has 0 unspecified atom stereocenters. The van der Waals surface area contributed by atoms with Crippen molar-refractivity contribution in [3.8, 4) is 0 Å². The maximum absolute atomic E-state index is 11.9. The van der Waals surface area contributed by atoms with E-state index in [2.05, 4.69) is 10.6 Å². The monoisotopic (exact) mass is 267 g/mol. The highest BCUT2D eigenvalue weighted by Gasteiger charge is 2.33. The van der Waals surface area contributed by atoms with E-state index in [4.69, 9.17) is 17.3 Å². The molecule has 98 valence electrons. The third-order valence-corrected chi connectivity index (χ3v) is 3.65. The van der Waals surface area contributed by atoms with E-state index in [0.29, 0.717) is 17.3 Å². The van der Waals surface area contributed by atoms with Crippen molar-refractivity contribution >= 4 is 23.3 Å². The lowest BCUT2D eigenvalue weighted by molar-refractivity contribution is 0.237. The molecular formula is C13H18ClN3O. The first kappa shape index (κ1) is 13.2. The SMILES string of the molecule is NCC1(NC(=O)Nc2cccc(Cl)c2)CCCC1. The molecule has 1 fully saturated rings. The summed E-state index contributed by atoms with van der Waals surface area (Å²) in [6, 6.07) is 6.86. The molecule has 1 aromatic rings. The number of benzene rings is 1. The summed E-state index contributed by atoms with van der Waals surface area (Å²) in [5.41, 5.74) is 6.22. The van der Waals surface area contributed by atoms with Crippen LogP contribution in [0.5, 0.6) is 0 Å². The molecule has 4 N–H and O–H groups in total. The van der Waals surface area contributed by atoms with Gasteiger partial charge in [0.2, 0.25) is 0 Å². The topological polar surface area (TPSA) is 67.1 Å². The number of hydrogen-bond donors (Lipinski definition) is 3. The van der Waals surface area contributed by atoms with Crippen LogP contribution >= 0.6 is 11.6 Å². The summed E-state index contributed by atoms with van der Waals surface area (Å²) in [5.74, 6) is 0. The third-order valence-electron chi connectivity index (χ3n) is 3.41. The van der Waals surface area contributed by atoms with Gasteiger partial charge in [-0.25, -0.2) is 4.79 Å². The Labute approximate surface area is 112 Å². The van der Waals surface area contributed by atoms with Crippen LogP contribution in [0.1, 0.15) is 25.7 Å². The zero-order valence-electron chi connectivity index (χ0n) is 10.2. The van der Waals surface area contributed by atoms with Crippen LogP contribution in [0, 0.1) is 0 Å². The number of hydrogen-bond acceptors (Lipinski definition) is 2. The van der Waals surface area contributed by atoms with Gasteiger partial charge in [-0.05, 0) is 31.0 Å². The molecule has 0 aromatic heterocycles. The number of anilines is 1. The first-order chi connectivity index (χ1) is 8.63. The predicted molar refractivity (Wildman–Crippen MR) is 73.9 cm³/mol. The summed E-state index contributed by atoms with van der Waals surface area (Å²) in [6.45, 7) is 0.482. The largest absolute Gasteiger partial charge is 0.331 e. The Hall–Kier alpha value is -1.26. The second-order valence-corrected chi connectivity index (χ2v) is 5.22. The molecule has 4 nitrogen and oxygen atoms in total. The molecule has 1 aromatic carbocycles. The maximum Gasteiger partial charge on any atom is 0.319 e. The summed E-state index contributed by atoms with van der Waals surface area (Å²) in [7, 11) is 0. The molecule has 18 heavy (non-hydrogen) atoms. The Bertz CT molecular complexity index is 430. The molecule has 0 bridgehead atoms. The molecule has 1 aliphatic carbocycles. The number of halogens is 1. The van der Waals surface area contributed by atoms with Gasteiger partial charge in [-0.15, -0.1) is 0 Å². The Morgan fingerprint density at radius 1 is 1.39 bits per heavy atom. The molecule has 5 heteroatoms. The van der Waals surface area contributed by atoms with Crippen LogP contribution in [0.2, 0.25) is 5.02 Å². The molecule has 1 saturated carbocycles. The van der Waals surface area contributed by atoms with Crippen molar-refractivity contribution in [1.29, 1.82) is 0 Å². The molecule has 2 amide bonds. The van der Waals surface area contributed by atoms with Crippen molar-refractivity contribution in [2.75, 3.05) is 11.9 Å². The molecule has 0 spiro atoms. The van der Waals surface area contributed by atoms with Gasteiger partial charge in [0.25, 0.3) is 0 Å². The number of amides is 2. The van der Waals surface area contributed by atoms with E-state index < -0.39 is 0 Å². The Balaban J connectivity index is 1.96. The molecule has 2 rings (SSSR count). The van der Waals surface area contributed by atoms with Crippen molar-refractivity contribution < 1.29 is 4.79 Å². The average Bonchev–Trinajstić information content (AvgIpc) is 2.78. The predicted octanol–water partition coefficient (Wildman–Crippen LogP) is 2.73. The van der Waals surface area contributed by atoms with Gasteiger partial charge in [-0.2, -0.15) is 0 Å². The average molecular weight is 268 g/mol. The van der Waals surface area contributed by atoms with Gasteiger partial charge in [0, 0.05) is 17.3 Å². The lowest BCUT2D eigenvalue weighted by atomic mass is 9.98. The van der Waals surface area contributed by atoms with Crippen LogP contribution in [-0.2, 0) is 0 Å². The number of rotatable bonds is 3. The second kappa shape index (κ2) is 5.59. The molecule has 0 heterocycles. The minimum absolute atomic E-state index is 0.218. The van der Waals surface area contributed by atoms with E-state index in [9.17, 15) is 4.79 Å². The van der Waals surface area contributed by atoms with Crippen molar-refractivity contribution in [3.63, 3.8) is 0 Å². The highest BCUT2D eigenvalue weighted by molar-refractivity contribution is 6.30. The van der Waals surface area contributed by atoms with Crippen LogP contribution in [-0.4, -0.2) is 18.1 Å². The van der Waals surface area contributed by atoms with Gasteiger partial charge in [0.15, 0.2) is 0 Å². The molecule has 0 atom stereocenters. The fourth-order valence-corrected chi connectivity index (χ4v) is 2.59. The van der Waals surface area contributed by atoms with Crippen molar-refractivity contribution in [3.05, 3.63) is 29.3 Å². The number of carbonyl (C=O) groups is 1. The van der Waals surface area contributed by atoms with Gasteiger partial charge < -0.3 is 16.4 Å². The summed E-state index contributed by atoms with van der Waals surface area (Å²) in [5, 5.41) is 6.37. The summed E-state index contributed by atoms with van der Waals surface area (Å²) < 4.78 is 0. The van der Waals surface area contributed by atoms with Gasteiger partial charge in [-0.3, -0.25) is 0 Å². The first-order valence-corrected chi connectivity index (χ1v) is 6.56. The van der Waals surface area contributed by atoms with Crippen LogP contribution in [0.15, 0.2) is 24.3 Å². The highest BCUT2D eigenvalue weighted by Crippen LogP contribution is 2.28. The normalized spacial score (nSPS) is 17.4. The zero-order valence-corrected chi connectivity index (χ0v) is 11.0. The van der Waals surface area contributed by atoms with E-state index in [1.54, 1.807) is 24.3 Å². The van der Waals surface area contributed by atoms with Gasteiger partial charge >= 0.3 is 6.03 Å². The molecular weight excluding hydrogens is 250 g/mol. The zero-order chi connectivity index (χ0) is 13.0. The second-order valence-electron chi connectivity index (χ2n) is 4.78. The van der Waals surface area contributed by atoms with Gasteiger partial charge in [-0.1, -0.05) is 30.5 Å². The van der Waals surface area contributed by atoms with E-state index in [0.717, 1.165) is 25.7 Å². The number of carbonyl (C=O) groups excluding carboxylic acids is 1. The summed E-state index contributed by atoms with van der Waals surface area (Å²) in [4.78, 5) is 11.9. The van der Waals surface area contributed by atoms with E-state index >= 15 is 0 Å². The van der Waals surface area contributed by atoms with E-state index in [-0.39, 0.29) is 11.6 Å². The fourth-order valence-electron chi connectivity index (χ4n) is 2.40. The van der Waals surface area contributed by atoms with Gasteiger partial charge in [0.1, 0.15) is 0 Å². The van der Waals surface area contributed by atoms with Gasteiger partial charge in [0.05, 0.1) is 5.54 Å². The third kappa shape index (κ3) is 3.15. The number of nitrogens with two attached hydrogens (primary N) is 1. The van der Waals surface area contributed by atoms with Crippen molar-refractivity contribution in [2.45, 2.75) is 31.2 Å². The van der Waals surface area contributed by atoms with Crippen LogP contribution < -0.4 is 16.4 Å². The first-order valence-electron chi connectivity index (χ1n) is 6.18. The smallest absolute Gasteiger partial charge is 0.319 e. The highest BCUT2D eigenvalue weighted by atomic mass is 35.5. The number of nitrogens with one attached hydrogen (secondary N) is 2. The van der Waals surface area contributed by atoms with E-state index in [1.165, 1.54) is 0 Å². The minimum atomic E-state index is -0.233. The Morgan fingerprint density at radius 3 is 2.72 bits per heavy atom. The lowest BCUT2D eigenvalue weighted by Gasteiger charge is -2.28. The minimum Gasteiger partial charge on any atom is -0.331 e. The molecule has 0 aliphatic heterocycles. The van der Waals surface area contributed by atoms with Crippen LogP contribution in [0.25, 0.3) is 0 Å². The van der Waals surface area contributed by atoms with Crippen molar-refractivity contribution in [1.82, 2.24) is 5.32 Å². The fraction of sp³-hybridized carbons (Fsp3) is 0.462. The van der Waals surface area contributed by atoms with Crippen LogP contribution in [0.3, 0.4) is 0 Å². The summed E-state index contributed by atoms with van der Waals surface area (Å²) in [6.07, 6.45) is 4.14. The van der Waals surface area contributed by atoms with Crippen LogP contribution in [0.4, 0.5) is 10.5 Å². The number of urea groups is 1. The van der Waals surface area contributed by atoms with E-state index in [1.807, 2.05) is 0 Å². The molecule has 1 aliphatic rings. The quantitative estimate of drug-likeness (QED) is 0.788. The maximum atomic E-state index is 11.9. The summed E-state index contributed by atoms with van der Waals surface area (Å²) >= 11 is 5.86.